The van der Waals surface area contributed by atoms with Gasteiger partial charge in [-0.15, -0.1) is 11.3 Å². The number of rotatable bonds is 5. The Labute approximate surface area is 163 Å². The molecule has 1 aliphatic heterocycles. The van der Waals surface area contributed by atoms with Gasteiger partial charge in [0.2, 0.25) is 0 Å². The van der Waals surface area contributed by atoms with E-state index in [4.69, 9.17) is 9.47 Å². The van der Waals surface area contributed by atoms with Crippen LogP contribution in [0.25, 0.3) is 10.6 Å². The van der Waals surface area contributed by atoms with Crippen LogP contribution < -0.4 is 5.32 Å². The van der Waals surface area contributed by atoms with Crippen LogP contribution in [-0.2, 0) is 15.9 Å². The monoisotopic (exact) mass is 390 g/mol. The second-order valence-electron chi connectivity index (χ2n) is 7.36. The van der Waals surface area contributed by atoms with Gasteiger partial charge in [0, 0.05) is 37.6 Å². The van der Waals surface area contributed by atoms with Gasteiger partial charge in [-0.3, -0.25) is 15.2 Å². The Bertz CT molecular complexity index is 752. The van der Waals surface area contributed by atoms with Crippen molar-refractivity contribution >= 4 is 23.2 Å². The molecule has 7 nitrogen and oxygen atoms in total. The van der Waals surface area contributed by atoms with Crippen molar-refractivity contribution in [3.05, 3.63) is 29.4 Å². The zero-order valence-corrected chi connectivity index (χ0v) is 16.8. The fourth-order valence-electron chi connectivity index (χ4n) is 2.72. The van der Waals surface area contributed by atoms with Crippen LogP contribution in [0.5, 0.6) is 0 Å². The fourth-order valence-corrected chi connectivity index (χ4v) is 3.73. The Kier molecular flexibility index (Phi) is 6.41. The van der Waals surface area contributed by atoms with Gasteiger partial charge in [-0.2, -0.15) is 0 Å². The normalized spacial score (nSPS) is 15.5. The number of thiazole rings is 1. The van der Waals surface area contributed by atoms with Crippen molar-refractivity contribution in [2.75, 3.05) is 38.2 Å². The minimum absolute atomic E-state index is 0.485. The van der Waals surface area contributed by atoms with E-state index >= 15 is 0 Å². The predicted molar refractivity (Wildman–Crippen MR) is 106 cm³/mol. The Hall–Kier alpha value is -2.03. The zero-order chi connectivity index (χ0) is 19.3. The summed E-state index contributed by atoms with van der Waals surface area (Å²) in [7, 11) is 0. The SMILES string of the molecule is CC(C)(C)OC(=O)Nc1nc(-c2ccncc2)sc1CCN1CCOCC1. The highest BCUT2D eigenvalue weighted by molar-refractivity contribution is 7.15. The molecule has 1 fully saturated rings. The lowest BCUT2D eigenvalue weighted by atomic mass is 10.2. The molecule has 8 heteroatoms. The number of carbonyl (C=O) groups excluding carboxylic acids is 1. The van der Waals surface area contributed by atoms with E-state index in [0.29, 0.717) is 5.82 Å². The largest absolute Gasteiger partial charge is 0.444 e. The number of nitrogens with one attached hydrogen (secondary N) is 1. The van der Waals surface area contributed by atoms with Crippen molar-refractivity contribution in [2.24, 2.45) is 0 Å². The molecule has 0 aromatic carbocycles. The number of hydrogen-bond acceptors (Lipinski definition) is 7. The average molecular weight is 391 g/mol. The average Bonchev–Trinajstić information content (AvgIpc) is 3.02. The number of hydrogen-bond donors (Lipinski definition) is 1. The molecule has 0 spiro atoms. The third kappa shape index (κ3) is 5.98. The number of ether oxygens (including phenoxy) is 2. The first-order valence-electron chi connectivity index (χ1n) is 9.11. The number of nitrogens with zero attached hydrogens (tertiary/aromatic N) is 3. The van der Waals surface area contributed by atoms with Crippen LogP contribution in [0, 0.1) is 0 Å². The minimum atomic E-state index is -0.554. The van der Waals surface area contributed by atoms with Crippen molar-refractivity contribution in [3.8, 4) is 10.6 Å². The molecule has 146 valence electrons. The van der Waals surface area contributed by atoms with Crippen LogP contribution in [0.2, 0.25) is 0 Å². The lowest BCUT2D eigenvalue weighted by Gasteiger charge is -2.26. The zero-order valence-electron chi connectivity index (χ0n) is 16.0. The summed E-state index contributed by atoms with van der Waals surface area (Å²) in [6.45, 7) is 9.85. The topological polar surface area (TPSA) is 76.6 Å². The summed E-state index contributed by atoms with van der Waals surface area (Å²) in [5.41, 5.74) is 0.432. The molecule has 0 aliphatic carbocycles. The molecule has 2 aromatic rings. The Morgan fingerprint density at radius 1 is 1.30 bits per heavy atom. The maximum atomic E-state index is 12.2. The summed E-state index contributed by atoms with van der Waals surface area (Å²) < 4.78 is 10.8. The molecule has 1 amide bonds. The molecule has 27 heavy (non-hydrogen) atoms. The summed E-state index contributed by atoms with van der Waals surface area (Å²) in [5, 5.41) is 3.69. The van der Waals surface area contributed by atoms with Gasteiger partial charge in [0.15, 0.2) is 0 Å². The van der Waals surface area contributed by atoms with E-state index in [2.05, 4.69) is 20.2 Å². The summed E-state index contributed by atoms with van der Waals surface area (Å²) in [6.07, 6.45) is 3.81. The Morgan fingerprint density at radius 2 is 2.00 bits per heavy atom. The molecular formula is C19H26N4O3S. The number of amides is 1. The minimum Gasteiger partial charge on any atom is -0.444 e. The third-order valence-electron chi connectivity index (χ3n) is 4.00. The maximum Gasteiger partial charge on any atom is 0.413 e. The summed E-state index contributed by atoms with van der Waals surface area (Å²) >= 11 is 1.59. The number of anilines is 1. The van der Waals surface area contributed by atoms with Crippen molar-refractivity contribution in [1.29, 1.82) is 0 Å². The summed E-state index contributed by atoms with van der Waals surface area (Å²) in [4.78, 5) is 24.3. The van der Waals surface area contributed by atoms with Gasteiger partial charge in [0.05, 0.1) is 18.1 Å². The lowest BCUT2D eigenvalue weighted by molar-refractivity contribution is 0.0385. The van der Waals surface area contributed by atoms with E-state index in [1.165, 1.54) is 0 Å². The van der Waals surface area contributed by atoms with Crippen LogP contribution in [-0.4, -0.2) is 59.4 Å². The van der Waals surface area contributed by atoms with Gasteiger partial charge in [-0.25, -0.2) is 9.78 Å². The van der Waals surface area contributed by atoms with Gasteiger partial charge >= 0.3 is 6.09 Å². The summed E-state index contributed by atoms with van der Waals surface area (Å²) in [6, 6.07) is 3.84. The molecule has 1 aliphatic rings. The number of aromatic nitrogens is 2. The van der Waals surface area contributed by atoms with E-state index in [1.807, 2.05) is 32.9 Å². The number of morpholine rings is 1. The van der Waals surface area contributed by atoms with Gasteiger partial charge in [0.25, 0.3) is 0 Å². The third-order valence-corrected chi connectivity index (χ3v) is 5.17. The first-order valence-corrected chi connectivity index (χ1v) is 9.92. The van der Waals surface area contributed by atoms with Crippen LogP contribution >= 0.6 is 11.3 Å². The lowest BCUT2D eigenvalue weighted by Crippen LogP contribution is -2.37. The first kappa shape index (κ1) is 19.7. The molecule has 1 saturated heterocycles. The molecule has 1 N–H and O–H groups in total. The molecule has 0 atom stereocenters. The second-order valence-corrected chi connectivity index (χ2v) is 8.44. The van der Waals surface area contributed by atoms with Crippen LogP contribution in [0.1, 0.15) is 25.6 Å². The van der Waals surface area contributed by atoms with Crippen LogP contribution in [0.15, 0.2) is 24.5 Å². The molecule has 3 rings (SSSR count). The van der Waals surface area contributed by atoms with Gasteiger partial charge in [0.1, 0.15) is 16.4 Å². The summed E-state index contributed by atoms with van der Waals surface area (Å²) in [5.74, 6) is 0.578. The second kappa shape index (κ2) is 8.77. The van der Waals surface area contributed by atoms with Gasteiger partial charge in [-0.1, -0.05) is 0 Å². The van der Waals surface area contributed by atoms with Crippen LogP contribution in [0.4, 0.5) is 10.6 Å². The predicted octanol–water partition coefficient (Wildman–Crippen LogP) is 3.43. The van der Waals surface area contributed by atoms with Crippen molar-refractivity contribution in [1.82, 2.24) is 14.9 Å². The molecule has 0 saturated carbocycles. The number of pyridine rings is 1. The molecule has 0 radical (unpaired) electrons. The maximum absolute atomic E-state index is 12.2. The van der Waals surface area contributed by atoms with Gasteiger partial charge < -0.3 is 9.47 Å². The fraction of sp³-hybridized carbons (Fsp3) is 0.526. The van der Waals surface area contributed by atoms with Crippen LogP contribution in [0.3, 0.4) is 0 Å². The van der Waals surface area contributed by atoms with E-state index in [9.17, 15) is 4.79 Å². The van der Waals surface area contributed by atoms with Crippen molar-refractivity contribution in [2.45, 2.75) is 32.8 Å². The molecular weight excluding hydrogens is 364 g/mol. The first-order chi connectivity index (χ1) is 12.9. The number of carbonyl (C=O) groups is 1. The molecule has 3 heterocycles. The van der Waals surface area contributed by atoms with Crippen molar-refractivity contribution < 1.29 is 14.3 Å². The Morgan fingerprint density at radius 3 is 2.67 bits per heavy atom. The smallest absolute Gasteiger partial charge is 0.413 e. The quantitative estimate of drug-likeness (QED) is 0.843. The highest BCUT2D eigenvalue weighted by Crippen LogP contribution is 2.31. The van der Waals surface area contributed by atoms with Crippen molar-refractivity contribution in [3.63, 3.8) is 0 Å². The van der Waals surface area contributed by atoms with E-state index in [1.54, 1.807) is 23.7 Å². The highest BCUT2D eigenvalue weighted by Gasteiger charge is 2.21. The van der Waals surface area contributed by atoms with E-state index in [0.717, 1.165) is 54.7 Å². The highest BCUT2D eigenvalue weighted by atomic mass is 32.1. The molecule has 0 bridgehead atoms. The van der Waals surface area contributed by atoms with Gasteiger partial charge in [-0.05, 0) is 39.3 Å². The standard InChI is InChI=1S/C19H26N4O3S/c1-19(2,3)26-18(24)22-16-15(6-9-23-10-12-25-13-11-23)27-17(21-16)14-4-7-20-8-5-14/h4-5,7-8H,6,9-13H2,1-3H3,(H,22,24). The van der Waals surface area contributed by atoms with E-state index in [-0.39, 0.29) is 0 Å². The van der Waals surface area contributed by atoms with E-state index < -0.39 is 11.7 Å². The molecule has 2 aromatic heterocycles. The Balaban J connectivity index is 1.76. The molecule has 0 unspecified atom stereocenters.